The number of nitrogens with zero attached hydrogens (tertiary/aromatic N) is 6. The van der Waals surface area contributed by atoms with Crippen molar-refractivity contribution < 1.29 is 4.92 Å². The van der Waals surface area contributed by atoms with Crippen LogP contribution in [0.1, 0.15) is 37.9 Å². The van der Waals surface area contributed by atoms with Crippen LogP contribution < -0.4 is 0 Å². The third kappa shape index (κ3) is 3.53. The van der Waals surface area contributed by atoms with Crippen molar-refractivity contribution in [2.75, 3.05) is 7.05 Å². The van der Waals surface area contributed by atoms with Gasteiger partial charge in [-0.2, -0.15) is 4.68 Å². The van der Waals surface area contributed by atoms with Crippen molar-refractivity contribution in [2.45, 2.75) is 44.7 Å². The standard InChI is InChI=1S/C15H20N6O2/c1-19(12-5-3-2-4-6-12)11-15-16-17-18-20(15)13-7-9-14(10-8-13)21(22)23/h7-10,12H,2-6,11H2,1H3. The third-order valence-corrected chi connectivity index (χ3v) is 4.43. The molecule has 1 aliphatic carbocycles. The highest BCUT2D eigenvalue weighted by Crippen LogP contribution is 2.23. The molecule has 1 aromatic heterocycles. The maximum absolute atomic E-state index is 10.7. The predicted molar refractivity (Wildman–Crippen MR) is 84.1 cm³/mol. The molecular formula is C15H20N6O2. The number of non-ortho nitro benzene ring substituents is 1. The molecule has 1 saturated carbocycles. The number of rotatable bonds is 5. The summed E-state index contributed by atoms with van der Waals surface area (Å²) >= 11 is 0. The molecule has 0 saturated heterocycles. The van der Waals surface area contributed by atoms with Crippen molar-refractivity contribution in [1.82, 2.24) is 25.1 Å². The van der Waals surface area contributed by atoms with E-state index >= 15 is 0 Å². The molecule has 0 radical (unpaired) electrons. The van der Waals surface area contributed by atoms with Crippen LogP contribution in [0.5, 0.6) is 0 Å². The van der Waals surface area contributed by atoms with Crippen molar-refractivity contribution in [2.24, 2.45) is 0 Å². The van der Waals surface area contributed by atoms with E-state index in [2.05, 4.69) is 27.5 Å². The summed E-state index contributed by atoms with van der Waals surface area (Å²) in [6.07, 6.45) is 6.32. The molecule has 2 aromatic rings. The zero-order chi connectivity index (χ0) is 16.2. The Bertz CT molecular complexity index is 663. The van der Waals surface area contributed by atoms with Crippen molar-refractivity contribution in [1.29, 1.82) is 0 Å². The first kappa shape index (κ1) is 15.5. The molecule has 1 aromatic carbocycles. The van der Waals surface area contributed by atoms with Gasteiger partial charge >= 0.3 is 0 Å². The summed E-state index contributed by atoms with van der Waals surface area (Å²) in [5.41, 5.74) is 0.787. The van der Waals surface area contributed by atoms with Gasteiger partial charge in [0.25, 0.3) is 5.69 Å². The Morgan fingerprint density at radius 3 is 2.61 bits per heavy atom. The van der Waals surface area contributed by atoms with Crippen LogP contribution in [0.25, 0.3) is 5.69 Å². The van der Waals surface area contributed by atoms with Gasteiger partial charge in [0.1, 0.15) is 0 Å². The molecule has 1 fully saturated rings. The first-order chi connectivity index (χ1) is 11.1. The van der Waals surface area contributed by atoms with Gasteiger partial charge in [-0.3, -0.25) is 15.0 Å². The lowest BCUT2D eigenvalue weighted by atomic mass is 9.94. The topological polar surface area (TPSA) is 90.0 Å². The zero-order valence-electron chi connectivity index (χ0n) is 13.1. The molecule has 0 N–H and O–H groups in total. The fourth-order valence-corrected chi connectivity index (χ4v) is 3.09. The van der Waals surface area contributed by atoms with Gasteiger partial charge in [-0.15, -0.1) is 5.10 Å². The highest BCUT2D eigenvalue weighted by molar-refractivity contribution is 5.40. The van der Waals surface area contributed by atoms with E-state index in [1.165, 1.54) is 44.2 Å². The summed E-state index contributed by atoms with van der Waals surface area (Å²) in [5.74, 6) is 0.743. The number of aromatic nitrogens is 4. The minimum absolute atomic E-state index is 0.0581. The summed E-state index contributed by atoms with van der Waals surface area (Å²) in [4.78, 5) is 12.6. The maximum Gasteiger partial charge on any atom is 0.269 e. The summed E-state index contributed by atoms with van der Waals surface area (Å²) in [6.45, 7) is 0.661. The molecular weight excluding hydrogens is 296 g/mol. The van der Waals surface area contributed by atoms with E-state index in [0.717, 1.165) is 11.5 Å². The Kier molecular flexibility index (Phi) is 4.61. The molecule has 0 unspecified atom stereocenters. The molecule has 0 aliphatic heterocycles. The first-order valence-corrected chi connectivity index (χ1v) is 7.87. The molecule has 3 rings (SSSR count). The van der Waals surface area contributed by atoms with Crippen LogP contribution in [-0.2, 0) is 6.54 Å². The van der Waals surface area contributed by atoms with E-state index in [1.54, 1.807) is 16.8 Å². The molecule has 8 heteroatoms. The van der Waals surface area contributed by atoms with Crippen LogP contribution in [0.3, 0.4) is 0 Å². The van der Waals surface area contributed by atoms with Crippen molar-refractivity contribution in [3.05, 3.63) is 40.2 Å². The molecule has 1 aliphatic rings. The average Bonchev–Trinajstić information content (AvgIpc) is 3.04. The van der Waals surface area contributed by atoms with Crippen LogP contribution in [0, 0.1) is 10.1 Å². The van der Waals surface area contributed by atoms with Gasteiger partial charge < -0.3 is 0 Å². The van der Waals surface area contributed by atoms with E-state index in [4.69, 9.17) is 0 Å². The number of tetrazole rings is 1. The highest BCUT2D eigenvalue weighted by atomic mass is 16.6. The molecule has 8 nitrogen and oxygen atoms in total. The second kappa shape index (κ2) is 6.82. The van der Waals surface area contributed by atoms with E-state index in [1.807, 2.05) is 0 Å². The summed E-state index contributed by atoms with van der Waals surface area (Å²) in [7, 11) is 2.10. The molecule has 0 atom stereocenters. The monoisotopic (exact) mass is 316 g/mol. The fourth-order valence-electron chi connectivity index (χ4n) is 3.09. The van der Waals surface area contributed by atoms with Gasteiger partial charge in [0.2, 0.25) is 0 Å². The predicted octanol–water partition coefficient (Wildman–Crippen LogP) is 2.33. The van der Waals surface area contributed by atoms with Crippen LogP contribution in [-0.4, -0.2) is 43.1 Å². The van der Waals surface area contributed by atoms with E-state index < -0.39 is 4.92 Å². The Morgan fingerprint density at radius 1 is 1.26 bits per heavy atom. The van der Waals surface area contributed by atoms with Crippen LogP contribution in [0.15, 0.2) is 24.3 Å². The Balaban J connectivity index is 1.75. The Morgan fingerprint density at radius 2 is 1.96 bits per heavy atom. The summed E-state index contributed by atoms with van der Waals surface area (Å²) < 4.78 is 1.64. The number of hydrogen-bond donors (Lipinski definition) is 0. The fraction of sp³-hybridized carbons (Fsp3) is 0.533. The van der Waals surface area contributed by atoms with Crippen LogP contribution in [0.2, 0.25) is 0 Å². The van der Waals surface area contributed by atoms with E-state index in [0.29, 0.717) is 12.6 Å². The molecule has 23 heavy (non-hydrogen) atoms. The van der Waals surface area contributed by atoms with Gasteiger partial charge in [0, 0.05) is 18.2 Å². The number of hydrogen-bond acceptors (Lipinski definition) is 6. The largest absolute Gasteiger partial charge is 0.296 e. The molecule has 0 spiro atoms. The Labute approximate surface area is 134 Å². The second-order valence-electron chi connectivity index (χ2n) is 5.99. The van der Waals surface area contributed by atoms with Gasteiger partial charge in [-0.25, -0.2) is 0 Å². The van der Waals surface area contributed by atoms with E-state index in [-0.39, 0.29) is 5.69 Å². The smallest absolute Gasteiger partial charge is 0.269 e. The van der Waals surface area contributed by atoms with Crippen molar-refractivity contribution in [3.63, 3.8) is 0 Å². The normalized spacial score (nSPS) is 15.9. The average molecular weight is 316 g/mol. The number of nitro groups is 1. The van der Waals surface area contributed by atoms with Crippen molar-refractivity contribution >= 4 is 5.69 Å². The van der Waals surface area contributed by atoms with Gasteiger partial charge in [-0.1, -0.05) is 19.3 Å². The van der Waals surface area contributed by atoms with Crippen molar-refractivity contribution in [3.8, 4) is 5.69 Å². The van der Waals surface area contributed by atoms with Gasteiger partial charge in [0.15, 0.2) is 5.82 Å². The SMILES string of the molecule is CN(Cc1nnnn1-c1ccc([N+](=O)[O-])cc1)C1CCCCC1. The van der Waals surface area contributed by atoms with Gasteiger partial charge in [0.05, 0.1) is 17.2 Å². The lowest BCUT2D eigenvalue weighted by Crippen LogP contribution is -2.33. The maximum atomic E-state index is 10.7. The number of nitro benzene ring substituents is 1. The minimum atomic E-state index is -0.416. The number of benzene rings is 1. The molecule has 1 heterocycles. The van der Waals surface area contributed by atoms with E-state index in [9.17, 15) is 10.1 Å². The lowest BCUT2D eigenvalue weighted by Gasteiger charge is -2.30. The van der Waals surface area contributed by atoms with Crippen LogP contribution in [0.4, 0.5) is 5.69 Å². The summed E-state index contributed by atoms with van der Waals surface area (Å²) in [5, 5.41) is 22.6. The quantitative estimate of drug-likeness (QED) is 0.621. The van der Waals surface area contributed by atoms with Crippen LogP contribution >= 0.6 is 0 Å². The third-order valence-electron chi connectivity index (χ3n) is 4.43. The Hall–Kier alpha value is -2.35. The highest BCUT2D eigenvalue weighted by Gasteiger charge is 2.20. The second-order valence-corrected chi connectivity index (χ2v) is 5.99. The molecule has 122 valence electrons. The molecule has 0 amide bonds. The first-order valence-electron chi connectivity index (χ1n) is 7.87. The summed E-state index contributed by atoms with van der Waals surface area (Å²) in [6, 6.07) is 6.83. The zero-order valence-corrected chi connectivity index (χ0v) is 13.1. The van der Waals surface area contributed by atoms with Gasteiger partial charge in [-0.05, 0) is 42.4 Å². The minimum Gasteiger partial charge on any atom is -0.296 e. The molecule has 0 bridgehead atoms. The lowest BCUT2D eigenvalue weighted by molar-refractivity contribution is -0.384.